The van der Waals surface area contributed by atoms with Crippen LogP contribution in [0.2, 0.25) is 0 Å². The number of carbonyl (C=O) groups is 1. The SMILES string of the molecule is O=C(/C=C/c1ccc(I)cc1)CCl. The van der Waals surface area contributed by atoms with Gasteiger partial charge in [-0.15, -0.1) is 11.6 Å². The van der Waals surface area contributed by atoms with Gasteiger partial charge in [-0.2, -0.15) is 0 Å². The summed E-state index contributed by atoms with van der Waals surface area (Å²) in [7, 11) is 0. The molecule has 0 N–H and O–H groups in total. The normalized spacial score (nSPS) is 10.6. The average Bonchev–Trinajstić information content (AvgIpc) is 2.16. The zero-order valence-corrected chi connectivity index (χ0v) is 9.75. The van der Waals surface area contributed by atoms with E-state index in [9.17, 15) is 4.79 Å². The van der Waals surface area contributed by atoms with Crippen LogP contribution >= 0.6 is 34.2 Å². The molecule has 0 unspecified atom stereocenters. The Kier molecular flexibility index (Phi) is 4.45. The molecule has 1 aromatic carbocycles. The lowest BCUT2D eigenvalue weighted by Gasteiger charge is -1.92. The lowest BCUT2D eigenvalue weighted by atomic mass is 10.2. The third kappa shape index (κ3) is 3.91. The van der Waals surface area contributed by atoms with Crippen LogP contribution < -0.4 is 0 Å². The van der Waals surface area contributed by atoms with Gasteiger partial charge in [-0.25, -0.2) is 0 Å². The fourth-order valence-electron chi connectivity index (χ4n) is 0.808. The summed E-state index contributed by atoms with van der Waals surface area (Å²) < 4.78 is 1.18. The minimum atomic E-state index is -0.0692. The number of allylic oxidation sites excluding steroid dienone is 1. The average molecular weight is 307 g/mol. The first-order chi connectivity index (χ1) is 6.22. The first-order valence-electron chi connectivity index (χ1n) is 3.75. The lowest BCUT2D eigenvalue weighted by Crippen LogP contribution is -1.91. The number of halogens is 2. The number of alkyl halides is 1. The molecule has 0 radical (unpaired) electrons. The molecule has 0 aliphatic rings. The zero-order chi connectivity index (χ0) is 9.68. The minimum Gasteiger partial charge on any atom is -0.294 e. The summed E-state index contributed by atoms with van der Waals surface area (Å²) >= 11 is 7.57. The highest BCUT2D eigenvalue weighted by atomic mass is 127. The van der Waals surface area contributed by atoms with Crippen LogP contribution in [0.4, 0.5) is 0 Å². The Labute approximate surface area is 95.9 Å². The van der Waals surface area contributed by atoms with Crippen molar-refractivity contribution in [2.75, 3.05) is 5.88 Å². The highest BCUT2D eigenvalue weighted by Crippen LogP contribution is 2.07. The van der Waals surface area contributed by atoms with Crippen LogP contribution in [0.15, 0.2) is 30.3 Å². The summed E-state index contributed by atoms with van der Waals surface area (Å²) in [5.41, 5.74) is 1.01. The molecule has 0 bridgehead atoms. The number of hydrogen-bond acceptors (Lipinski definition) is 1. The Bertz CT molecular complexity index is 316. The number of rotatable bonds is 3. The maximum absolute atomic E-state index is 10.8. The summed E-state index contributed by atoms with van der Waals surface area (Å²) in [6.45, 7) is 0. The van der Waals surface area contributed by atoms with E-state index in [0.717, 1.165) is 5.56 Å². The molecule has 13 heavy (non-hydrogen) atoms. The standard InChI is InChI=1S/C10H8ClIO/c11-7-10(13)6-3-8-1-4-9(12)5-2-8/h1-6H,7H2/b6-3+. The molecular weight excluding hydrogens is 298 g/mol. The van der Waals surface area contributed by atoms with Crippen LogP contribution in [-0.2, 0) is 4.79 Å². The van der Waals surface area contributed by atoms with Crippen molar-refractivity contribution >= 4 is 46.1 Å². The Morgan fingerprint density at radius 1 is 1.38 bits per heavy atom. The Morgan fingerprint density at radius 2 is 2.00 bits per heavy atom. The highest BCUT2D eigenvalue weighted by Gasteiger charge is 1.91. The molecule has 1 nitrogen and oxygen atoms in total. The molecule has 0 atom stereocenters. The smallest absolute Gasteiger partial charge is 0.170 e. The number of hydrogen-bond donors (Lipinski definition) is 0. The highest BCUT2D eigenvalue weighted by molar-refractivity contribution is 14.1. The Hall–Kier alpha value is -0.350. The number of benzene rings is 1. The fourth-order valence-corrected chi connectivity index (χ4v) is 1.26. The molecule has 0 amide bonds. The van der Waals surface area contributed by atoms with Gasteiger partial charge in [0, 0.05) is 3.57 Å². The van der Waals surface area contributed by atoms with Gasteiger partial charge in [0.1, 0.15) is 0 Å². The zero-order valence-electron chi connectivity index (χ0n) is 6.84. The fraction of sp³-hybridized carbons (Fsp3) is 0.100. The maximum atomic E-state index is 10.8. The van der Waals surface area contributed by atoms with Crippen molar-refractivity contribution in [3.8, 4) is 0 Å². The molecule has 0 saturated carbocycles. The number of carbonyl (C=O) groups excluding carboxylic acids is 1. The van der Waals surface area contributed by atoms with Gasteiger partial charge in [0.25, 0.3) is 0 Å². The maximum Gasteiger partial charge on any atom is 0.170 e. The third-order valence-corrected chi connectivity index (χ3v) is 2.45. The molecule has 0 aromatic heterocycles. The number of ketones is 1. The van der Waals surface area contributed by atoms with E-state index >= 15 is 0 Å². The predicted octanol–water partition coefficient (Wildman–Crippen LogP) is 3.11. The van der Waals surface area contributed by atoms with E-state index in [2.05, 4.69) is 22.6 Å². The third-order valence-electron chi connectivity index (χ3n) is 1.46. The molecule has 0 aliphatic carbocycles. The predicted molar refractivity (Wildman–Crippen MR) is 63.9 cm³/mol. The second-order valence-electron chi connectivity index (χ2n) is 2.48. The monoisotopic (exact) mass is 306 g/mol. The van der Waals surface area contributed by atoms with Crippen LogP contribution in [0.5, 0.6) is 0 Å². The second kappa shape index (κ2) is 5.40. The van der Waals surface area contributed by atoms with Gasteiger partial charge >= 0.3 is 0 Å². The van der Waals surface area contributed by atoms with E-state index < -0.39 is 0 Å². The van der Waals surface area contributed by atoms with Gasteiger partial charge in [0.2, 0.25) is 0 Å². The largest absolute Gasteiger partial charge is 0.294 e. The van der Waals surface area contributed by atoms with Crippen molar-refractivity contribution in [3.05, 3.63) is 39.5 Å². The Balaban J connectivity index is 2.69. The van der Waals surface area contributed by atoms with Crippen molar-refractivity contribution in [2.24, 2.45) is 0 Å². The van der Waals surface area contributed by atoms with Crippen LogP contribution in [0.1, 0.15) is 5.56 Å². The van der Waals surface area contributed by atoms with E-state index in [4.69, 9.17) is 11.6 Å². The van der Waals surface area contributed by atoms with E-state index in [1.807, 2.05) is 24.3 Å². The van der Waals surface area contributed by atoms with Crippen LogP contribution in [0.3, 0.4) is 0 Å². The van der Waals surface area contributed by atoms with Crippen molar-refractivity contribution in [2.45, 2.75) is 0 Å². The van der Waals surface area contributed by atoms with Crippen molar-refractivity contribution in [1.82, 2.24) is 0 Å². The molecule has 1 rings (SSSR count). The molecule has 1 aromatic rings. The minimum absolute atomic E-state index is 0.0425. The van der Waals surface area contributed by atoms with Crippen LogP contribution in [0, 0.1) is 3.57 Å². The molecule has 0 saturated heterocycles. The van der Waals surface area contributed by atoms with Gasteiger partial charge in [0.05, 0.1) is 5.88 Å². The van der Waals surface area contributed by atoms with Gasteiger partial charge in [-0.05, 0) is 46.4 Å². The topological polar surface area (TPSA) is 17.1 Å². The van der Waals surface area contributed by atoms with Gasteiger partial charge < -0.3 is 0 Å². The molecule has 0 aliphatic heterocycles. The first kappa shape index (κ1) is 10.7. The van der Waals surface area contributed by atoms with E-state index in [0.29, 0.717) is 0 Å². The summed E-state index contributed by atoms with van der Waals surface area (Å²) in [6.07, 6.45) is 3.26. The second-order valence-corrected chi connectivity index (χ2v) is 4.00. The molecule has 0 fully saturated rings. The van der Waals surface area contributed by atoms with E-state index in [1.54, 1.807) is 6.08 Å². The molecular formula is C10H8ClIO. The van der Waals surface area contributed by atoms with Crippen LogP contribution in [-0.4, -0.2) is 11.7 Å². The molecule has 0 spiro atoms. The van der Waals surface area contributed by atoms with Gasteiger partial charge in [-0.3, -0.25) is 4.79 Å². The quantitative estimate of drug-likeness (QED) is 0.476. The van der Waals surface area contributed by atoms with E-state index in [1.165, 1.54) is 9.65 Å². The molecule has 3 heteroatoms. The van der Waals surface area contributed by atoms with Crippen molar-refractivity contribution < 1.29 is 4.79 Å². The Morgan fingerprint density at radius 3 is 2.54 bits per heavy atom. The summed E-state index contributed by atoms with van der Waals surface area (Å²) in [4.78, 5) is 10.8. The lowest BCUT2D eigenvalue weighted by molar-refractivity contribution is -0.112. The summed E-state index contributed by atoms with van der Waals surface area (Å²) in [5.74, 6) is -0.0267. The van der Waals surface area contributed by atoms with Gasteiger partial charge in [-0.1, -0.05) is 18.2 Å². The molecule has 0 heterocycles. The van der Waals surface area contributed by atoms with Gasteiger partial charge in [0.15, 0.2) is 5.78 Å². The molecule has 68 valence electrons. The van der Waals surface area contributed by atoms with Crippen LogP contribution in [0.25, 0.3) is 6.08 Å². The van der Waals surface area contributed by atoms with E-state index in [-0.39, 0.29) is 11.7 Å². The first-order valence-corrected chi connectivity index (χ1v) is 5.36. The van der Waals surface area contributed by atoms with Crippen molar-refractivity contribution in [1.29, 1.82) is 0 Å². The van der Waals surface area contributed by atoms with Crippen molar-refractivity contribution in [3.63, 3.8) is 0 Å². The summed E-state index contributed by atoms with van der Waals surface area (Å²) in [5, 5.41) is 0. The summed E-state index contributed by atoms with van der Waals surface area (Å²) in [6, 6.07) is 7.90.